The molecule has 0 spiro atoms. The lowest BCUT2D eigenvalue weighted by Gasteiger charge is -2.33. The van der Waals surface area contributed by atoms with Crippen molar-refractivity contribution in [2.24, 2.45) is 5.92 Å². The quantitative estimate of drug-likeness (QED) is 0.840. The number of fused-ring (bicyclic) bond motifs is 2. The second-order valence-electron chi connectivity index (χ2n) is 6.22. The van der Waals surface area contributed by atoms with E-state index in [-0.39, 0.29) is 30.4 Å². The summed E-state index contributed by atoms with van der Waals surface area (Å²) in [5, 5.41) is 0. The standard InChI is InChI=1S/C15H18F3NO3S/c1-23(20,21)19-12-6-5-10(7-12)14(19)9-22-13-4-2-3-11(8-13)15(16,17)18/h2-4,8,10,12,14H,5-7,9H2,1H3/t10-,12+,14-/m0/s1. The molecule has 0 aromatic heterocycles. The van der Waals surface area contributed by atoms with E-state index in [0.717, 1.165) is 31.4 Å². The normalized spacial score (nSPS) is 28.3. The van der Waals surface area contributed by atoms with Crippen molar-refractivity contribution in [1.29, 1.82) is 0 Å². The average Bonchev–Trinajstić information content (AvgIpc) is 3.04. The van der Waals surface area contributed by atoms with Gasteiger partial charge in [-0.25, -0.2) is 8.42 Å². The van der Waals surface area contributed by atoms with Gasteiger partial charge in [-0.2, -0.15) is 17.5 Å². The van der Waals surface area contributed by atoms with Gasteiger partial charge in [0.2, 0.25) is 10.0 Å². The SMILES string of the molecule is CS(=O)(=O)N1[C@@H]2CC[C@@H](C2)[C@@H]1COc1cccc(C(F)(F)F)c1. The zero-order valence-corrected chi connectivity index (χ0v) is 13.4. The van der Waals surface area contributed by atoms with E-state index in [9.17, 15) is 21.6 Å². The first-order valence-corrected chi connectivity index (χ1v) is 9.29. The van der Waals surface area contributed by atoms with Gasteiger partial charge in [0.05, 0.1) is 17.9 Å². The third-order valence-electron chi connectivity index (χ3n) is 4.64. The summed E-state index contributed by atoms with van der Waals surface area (Å²) in [5.74, 6) is 0.330. The summed E-state index contributed by atoms with van der Waals surface area (Å²) >= 11 is 0. The molecule has 1 saturated heterocycles. The summed E-state index contributed by atoms with van der Waals surface area (Å²) in [7, 11) is -3.35. The minimum atomic E-state index is -4.43. The van der Waals surface area contributed by atoms with E-state index < -0.39 is 21.8 Å². The van der Waals surface area contributed by atoms with Crippen molar-refractivity contribution in [3.05, 3.63) is 29.8 Å². The molecule has 2 aliphatic rings. The van der Waals surface area contributed by atoms with Gasteiger partial charge in [-0.1, -0.05) is 6.07 Å². The van der Waals surface area contributed by atoms with Gasteiger partial charge in [0.15, 0.2) is 0 Å². The molecule has 1 saturated carbocycles. The lowest BCUT2D eigenvalue weighted by Crippen LogP contribution is -2.47. The third-order valence-corrected chi connectivity index (χ3v) is 5.98. The summed E-state index contributed by atoms with van der Waals surface area (Å²) in [6.07, 6.45) is -0.662. The fourth-order valence-corrected chi connectivity index (χ4v) is 5.18. The van der Waals surface area contributed by atoms with Crippen LogP contribution in [0, 0.1) is 5.92 Å². The predicted octanol–water partition coefficient (Wildman–Crippen LogP) is 2.90. The zero-order valence-electron chi connectivity index (χ0n) is 12.6. The van der Waals surface area contributed by atoms with Crippen LogP contribution in [0.25, 0.3) is 0 Å². The van der Waals surface area contributed by atoms with E-state index in [2.05, 4.69) is 0 Å². The first kappa shape index (κ1) is 16.6. The Morgan fingerprint density at radius 3 is 2.70 bits per heavy atom. The Hall–Kier alpha value is -1.28. The number of hydrogen-bond donors (Lipinski definition) is 0. The maximum Gasteiger partial charge on any atom is 0.416 e. The first-order valence-electron chi connectivity index (χ1n) is 7.45. The van der Waals surface area contributed by atoms with Crippen LogP contribution in [0.2, 0.25) is 0 Å². The van der Waals surface area contributed by atoms with Gasteiger partial charge in [-0.3, -0.25) is 0 Å². The highest BCUT2D eigenvalue weighted by Gasteiger charge is 2.50. The highest BCUT2D eigenvalue weighted by Crippen LogP contribution is 2.44. The number of nitrogens with zero attached hydrogens (tertiary/aromatic N) is 1. The predicted molar refractivity (Wildman–Crippen MR) is 78.5 cm³/mol. The summed E-state index contributed by atoms with van der Waals surface area (Å²) in [6, 6.07) is 4.37. The lowest BCUT2D eigenvalue weighted by atomic mass is 10.0. The van der Waals surface area contributed by atoms with Crippen molar-refractivity contribution in [3.63, 3.8) is 0 Å². The van der Waals surface area contributed by atoms with Crippen LogP contribution < -0.4 is 4.74 Å². The molecule has 8 heteroatoms. The maximum atomic E-state index is 12.7. The van der Waals surface area contributed by atoms with Crippen LogP contribution in [0.15, 0.2) is 24.3 Å². The van der Waals surface area contributed by atoms with Crippen molar-refractivity contribution >= 4 is 10.0 Å². The van der Waals surface area contributed by atoms with E-state index in [1.54, 1.807) is 0 Å². The Morgan fingerprint density at radius 1 is 1.30 bits per heavy atom. The molecule has 0 radical (unpaired) electrons. The van der Waals surface area contributed by atoms with Gasteiger partial charge in [0.1, 0.15) is 12.4 Å². The van der Waals surface area contributed by atoms with Crippen molar-refractivity contribution in [2.45, 2.75) is 37.5 Å². The molecule has 1 heterocycles. The number of hydrogen-bond acceptors (Lipinski definition) is 3. The van der Waals surface area contributed by atoms with E-state index in [0.29, 0.717) is 0 Å². The van der Waals surface area contributed by atoms with E-state index in [1.165, 1.54) is 22.7 Å². The third kappa shape index (κ3) is 3.33. The van der Waals surface area contributed by atoms with Crippen molar-refractivity contribution in [2.75, 3.05) is 12.9 Å². The molecule has 23 heavy (non-hydrogen) atoms. The first-order chi connectivity index (χ1) is 10.7. The fraction of sp³-hybridized carbons (Fsp3) is 0.600. The van der Waals surface area contributed by atoms with Gasteiger partial charge in [-0.05, 0) is 43.4 Å². The molecular weight excluding hydrogens is 331 g/mol. The molecule has 4 nitrogen and oxygen atoms in total. The summed E-state index contributed by atoms with van der Waals surface area (Å²) in [5.41, 5.74) is -0.775. The molecule has 128 valence electrons. The highest BCUT2D eigenvalue weighted by molar-refractivity contribution is 7.88. The zero-order chi connectivity index (χ0) is 16.8. The number of piperidine rings is 1. The number of ether oxygens (including phenoxy) is 1. The van der Waals surface area contributed by atoms with Crippen molar-refractivity contribution in [3.8, 4) is 5.75 Å². The fourth-order valence-electron chi connectivity index (χ4n) is 3.72. The lowest BCUT2D eigenvalue weighted by molar-refractivity contribution is -0.137. The van der Waals surface area contributed by atoms with Crippen LogP contribution in [0.5, 0.6) is 5.75 Å². The van der Waals surface area contributed by atoms with Crippen LogP contribution >= 0.6 is 0 Å². The Bertz CT molecular complexity index is 689. The minimum Gasteiger partial charge on any atom is -0.492 e. The van der Waals surface area contributed by atoms with Gasteiger partial charge >= 0.3 is 6.18 Å². The van der Waals surface area contributed by atoms with Crippen LogP contribution in [0.1, 0.15) is 24.8 Å². The molecule has 0 unspecified atom stereocenters. The molecule has 0 amide bonds. The second kappa shape index (κ2) is 5.66. The number of benzene rings is 1. The van der Waals surface area contributed by atoms with E-state index in [1.807, 2.05) is 0 Å². The topological polar surface area (TPSA) is 46.6 Å². The van der Waals surface area contributed by atoms with Crippen molar-refractivity contribution < 1.29 is 26.3 Å². The minimum absolute atomic E-state index is 0.00473. The van der Waals surface area contributed by atoms with Gasteiger partial charge in [0.25, 0.3) is 0 Å². The molecule has 2 fully saturated rings. The molecule has 1 aliphatic heterocycles. The van der Waals surface area contributed by atoms with Crippen LogP contribution in [-0.2, 0) is 16.2 Å². The smallest absolute Gasteiger partial charge is 0.416 e. The molecule has 3 atom stereocenters. The summed E-state index contributed by atoms with van der Waals surface area (Å²) < 4.78 is 69.0. The number of rotatable bonds is 4. The van der Waals surface area contributed by atoms with Crippen LogP contribution in [-0.4, -0.2) is 37.7 Å². The molecule has 1 aromatic carbocycles. The Kier molecular flexibility index (Phi) is 4.08. The van der Waals surface area contributed by atoms with Gasteiger partial charge < -0.3 is 4.74 Å². The number of alkyl halides is 3. The van der Waals surface area contributed by atoms with Crippen LogP contribution in [0.3, 0.4) is 0 Å². The largest absolute Gasteiger partial charge is 0.492 e. The Morgan fingerprint density at radius 2 is 2.04 bits per heavy atom. The second-order valence-corrected chi connectivity index (χ2v) is 8.11. The van der Waals surface area contributed by atoms with E-state index >= 15 is 0 Å². The summed E-state index contributed by atoms with van der Waals surface area (Å²) in [6.45, 7) is 0.0789. The van der Waals surface area contributed by atoms with Crippen molar-refractivity contribution in [1.82, 2.24) is 4.31 Å². The van der Waals surface area contributed by atoms with Gasteiger partial charge in [-0.15, -0.1) is 0 Å². The molecule has 3 rings (SSSR count). The van der Waals surface area contributed by atoms with E-state index in [4.69, 9.17) is 4.74 Å². The molecule has 0 N–H and O–H groups in total. The number of halogens is 3. The molecule has 2 bridgehead atoms. The maximum absolute atomic E-state index is 12.7. The number of sulfonamides is 1. The van der Waals surface area contributed by atoms with Gasteiger partial charge in [0, 0.05) is 6.04 Å². The average molecular weight is 349 g/mol. The molecular formula is C15H18F3NO3S. The monoisotopic (exact) mass is 349 g/mol. The Balaban J connectivity index is 1.73. The molecule has 1 aromatic rings. The summed E-state index contributed by atoms with van der Waals surface area (Å²) in [4.78, 5) is 0. The highest BCUT2D eigenvalue weighted by atomic mass is 32.2. The van der Waals surface area contributed by atoms with Crippen LogP contribution in [0.4, 0.5) is 13.2 Å². The molecule has 1 aliphatic carbocycles. The Labute approximate surface area is 133 Å².